The molecule has 12 nitrogen and oxygen atoms in total. The molecule has 0 saturated carbocycles. The maximum Gasteiger partial charge on any atom is 0.274 e. The van der Waals surface area contributed by atoms with E-state index in [1.54, 1.807) is 63.9 Å². The highest BCUT2D eigenvalue weighted by Crippen LogP contribution is 2.31. The van der Waals surface area contributed by atoms with Gasteiger partial charge >= 0.3 is 0 Å². The molecule has 2 amide bonds. The zero-order valence-corrected chi connectivity index (χ0v) is 22.6. The number of rotatable bonds is 6. The van der Waals surface area contributed by atoms with Crippen LogP contribution in [-0.2, 0) is 17.4 Å². The van der Waals surface area contributed by atoms with Crippen molar-refractivity contribution in [3.63, 3.8) is 0 Å². The lowest BCUT2D eigenvalue weighted by Crippen LogP contribution is -2.43. The number of hydrogen-bond acceptors (Lipinski definition) is 9. The van der Waals surface area contributed by atoms with Crippen LogP contribution in [0.2, 0.25) is 5.15 Å². The van der Waals surface area contributed by atoms with Crippen LogP contribution in [-0.4, -0.2) is 53.6 Å². The first-order valence-electron chi connectivity index (χ1n) is 11.6. The van der Waals surface area contributed by atoms with Crippen LogP contribution in [0.3, 0.4) is 0 Å². The Kier molecular flexibility index (Phi) is 7.09. The molecule has 196 valence electrons. The molecule has 4 aromatic rings. The average Bonchev–Trinajstić information content (AvgIpc) is 3.28. The van der Waals surface area contributed by atoms with Gasteiger partial charge in [-0.05, 0) is 39.0 Å². The van der Waals surface area contributed by atoms with E-state index in [1.807, 2.05) is 0 Å². The van der Waals surface area contributed by atoms with Gasteiger partial charge in [-0.3, -0.25) is 14.3 Å². The van der Waals surface area contributed by atoms with Gasteiger partial charge < -0.3 is 16.0 Å². The van der Waals surface area contributed by atoms with Crippen LogP contribution >= 0.6 is 11.6 Å². The van der Waals surface area contributed by atoms with E-state index < -0.39 is 11.4 Å². The van der Waals surface area contributed by atoms with Gasteiger partial charge in [0.2, 0.25) is 5.91 Å². The molecule has 13 heteroatoms. The Morgan fingerprint density at radius 2 is 1.79 bits per heavy atom. The summed E-state index contributed by atoms with van der Waals surface area (Å²) < 4.78 is 1.63. The van der Waals surface area contributed by atoms with Gasteiger partial charge in [-0.15, -0.1) is 0 Å². The van der Waals surface area contributed by atoms with Crippen molar-refractivity contribution in [3.8, 4) is 22.6 Å². The largest absolute Gasteiger partial charge is 0.382 e. The number of aryl methyl sites for hydroxylation is 2. The van der Waals surface area contributed by atoms with E-state index in [-0.39, 0.29) is 22.6 Å². The summed E-state index contributed by atoms with van der Waals surface area (Å²) in [6.07, 6.45) is 4.80. The second-order valence-corrected chi connectivity index (χ2v) is 9.66. The van der Waals surface area contributed by atoms with Crippen molar-refractivity contribution < 1.29 is 9.59 Å². The molecule has 0 unspecified atom stereocenters. The van der Waals surface area contributed by atoms with E-state index in [1.165, 1.54) is 24.2 Å². The highest BCUT2D eigenvalue weighted by Gasteiger charge is 2.30. The number of pyridine rings is 1. The maximum absolute atomic E-state index is 13.4. The second-order valence-electron chi connectivity index (χ2n) is 9.27. The monoisotopic (exact) mass is 534 g/mol. The van der Waals surface area contributed by atoms with Gasteiger partial charge in [0.15, 0.2) is 17.3 Å². The van der Waals surface area contributed by atoms with Crippen LogP contribution in [0, 0.1) is 6.92 Å². The molecule has 3 N–H and O–H groups in total. The van der Waals surface area contributed by atoms with E-state index in [0.717, 1.165) is 0 Å². The summed E-state index contributed by atoms with van der Waals surface area (Å²) in [5, 5.41) is 7.58. The Balaban J connectivity index is 1.73. The average molecular weight is 535 g/mol. The smallest absolute Gasteiger partial charge is 0.274 e. The first-order chi connectivity index (χ1) is 17.9. The number of nitrogens with two attached hydrogens (primary N) is 1. The van der Waals surface area contributed by atoms with Gasteiger partial charge in [0.1, 0.15) is 16.5 Å². The molecule has 4 aromatic heterocycles. The lowest BCUT2D eigenvalue weighted by molar-refractivity contribution is -0.116. The number of carbonyl (C=O) groups excluding carboxylic acids is 2. The number of anilines is 2. The van der Waals surface area contributed by atoms with E-state index in [0.29, 0.717) is 39.9 Å². The minimum atomic E-state index is -1.01. The molecule has 4 heterocycles. The van der Waals surface area contributed by atoms with Crippen molar-refractivity contribution >= 4 is 34.9 Å². The van der Waals surface area contributed by atoms with Crippen molar-refractivity contribution in [1.29, 1.82) is 0 Å². The van der Waals surface area contributed by atoms with Gasteiger partial charge in [-0.1, -0.05) is 11.6 Å². The fourth-order valence-electron chi connectivity index (χ4n) is 3.70. The molecule has 38 heavy (non-hydrogen) atoms. The SMILES string of the molecule is CC(=O)N(C)c1cnc(C(C)(C)NC(=O)c2nc(-c3cc(C)nc(Cl)c3)c(-c3ccn(C)n3)nc2N)nc1. The van der Waals surface area contributed by atoms with Crippen LogP contribution in [0.4, 0.5) is 11.5 Å². The molecular formula is C25H27ClN10O2. The lowest BCUT2D eigenvalue weighted by Gasteiger charge is -2.25. The summed E-state index contributed by atoms with van der Waals surface area (Å²) in [7, 11) is 3.41. The van der Waals surface area contributed by atoms with Crippen molar-refractivity contribution in [2.75, 3.05) is 17.7 Å². The van der Waals surface area contributed by atoms with Crippen LogP contribution in [0.5, 0.6) is 0 Å². The molecule has 0 saturated heterocycles. The van der Waals surface area contributed by atoms with Crippen LogP contribution in [0.25, 0.3) is 22.6 Å². The van der Waals surface area contributed by atoms with E-state index in [2.05, 4.69) is 35.3 Å². The zero-order chi connectivity index (χ0) is 27.8. The summed E-state index contributed by atoms with van der Waals surface area (Å²) in [4.78, 5) is 48.5. The van der Waals surface area contributed by atoms with Crippen molar-refractivity contribution in [1.82, 2.24) is 40.0 Å². The molecule has 0 aromatic carbocycles. The predicted octanol–water partition coefficient (Wildman–Crippen LogP) is 2.92. The minimum Gasteiger partial charge on any atom is -0.382 e. The number of nitrogen functional groups attached to an aromatic ring is 1. The van der Waals surface area contributed by atoms with Gasteiger partial charge in [0, 0.05) is 38.5 Å². The lowest BCUT2D eigenvalue weighted by atomic mass is 10.0. The van der Waals surface area contributed by atoms with Gasteiger partial charge in [0.05, 0.1) is 29.3 Å². The highest BCUT2D eigenvalue weighted by atomic mass is 35.5. The van der Waals surface area contributed by atoms with Crippen LogP contribution < -0.4 is 16.0 Å². The number of hydrogen-bond donors (Lipinski definition) is 2. The van der Waals surface area contributed by atoms with Crippen molar-refractivity contribution in [3.05, 3.63) is 59.2 Å². The van der Waals surface area contributed by atoms with Crippen LogP contribution in [0.1, 0.15) is 42.8 Å². The first kappa shape index (κ1) is 26.6. The maximum atomic E-state index is 13.4. The summed E-state index contributed by atoms with van der Waals surface area (Å²) in [5.74, 6) is -0.461. The number of amides is 2. The van der Waals surface area contributed by atoms with Gasteiger partial charge in [0.25, 0.3) is 5.91 Å². The number of nitrogens with one attached hydrogen (secondary N) is 1. The molecule has 0 aliphatic heterocycles. The molecule has 0 aliphatic rings. The minimum absolute atomic E-state index is 0.0704. The number of halogens is 1. The van der Waals surface area contributed by atoms with Crippen LogP contribution in [0.15, 0.2) is 36.8 Å². The summed E-state index contributed by atoms with van der Waals surface area (Å²) in [6.45, 7) is 6.73. The number of nitrogens with zero attached hydrogens (tertiary/aromatic N) is 8. The summed E-state index contributed by atoms with van der Waals surface area (Å²) in [5.41, 5.74) is 8.26. The van der Waals surface area contributed by atoms with E-state index in [4.69, 9.17) is 17.3 Å². The molecule has 0 radical (unpaired) electrons. The Labute approximate surface area is 224 Å². The molecule has 0 bridgehead atoms. The molecule has 0 spiro atoms. The topological polar surface area (TPSA) is 158 Å². The standard InChI is InChI=1S/C25H27ClN10O2/c1-13-9-15(10-18(26)30-13)19-20(17-7-8-35(5)34-17)32-22(27)21(31-19)23(38)33-25(3,4)24-28-11-16(12-29-24)36(6)14(2)37/h7-12H,1-6H3,(H2,27,32)(H,33,38). The molecule has 4 rings (SSSR count). The van der Waals surface area contributed by atoms with Crippen molar-refractivity contribution in [2.24, 2.45) is 7.05 Å². The second kappa shape index (κ2) is 10.1. The molecular weight excluding hydrogens is 508 g/mol. The summed E-state index contributed by atoms with van der Waals surface area (Å²) in [6, 6.07) is 5.20. The van der Waals surface area contributed by atoms with Gasteiger partial charge in [-0.25, -0.2) is 24.9 Å². The van der Waals surface area contributed by atoms with Gasteiger partial charge in [-0.2, -0.15) is 5.10 Å². The zero-order valence-electron chi connectivity index (χ0n) is 21.8. The normalized spacial score (nSPS) is 11.3. The molecule has 0 fully saturated rings. The third-order valence-electron chi connectivity index (χ3n) is 5.77. The molecule has 0 atom stereocenters. The summed E-state index contributed by atoms with van der Waals surface area (Å²) >= 11 is 6.22. The Hall–Kier alpha value is -4.45. The van der Waals surface area contributed by atoms with Crippen molar-refractivity contribution in [2.45, 2.75) is 33.2 Å². The first-order valence-corrected chi connectivity index (χ1v) is 11.9. The Morgan fingerprint density at radius 1 is 1.11 bits per heavy atom. The number of aromatic nitrogens is 7. The molecule has 0 aliphatic carbocycles. The van der Waals surface area contributed by atoms with E-state index >= 15 is 0 Å². The Bertz CT molecular complexity index is 1510. The third-order valence-corrected chi connectivity index (χ3v) is 5.97. The fourth-order valence-corrected chi connectivity index (χ4v) is 3.95. The third kappa shape index (κ3) is 5.44. The van der Waals surface area contributed by atoms with E-state index in [9.17, 15) is 9.59 Å². The number of carbonyl (C=O) groups is 2. The quantitative estimate of drug-likeness (QED) is 0.355. The Morgan fingerprint density at radius 3 is 2.37 bits per heavy atom. The predicted molar refractivity (Wildman–Crippen MR) is 143 cm³/mol. The highest BCUT2D eigenvalue weighted by molar-refractivity contribution is 6.29. The fraction of sp³-hybridized carbons (Fsp3) is 0.280.